The van der Waals surface area contributed by atoms with Gasteiger partial charge in [-0.3, -0.25) is 0 Å². The minimum atomic E-state index is -0.813. The first kappa shape index (κ1) is 12.5. The van der Waals surface area contributed by atoms with Gasteiger partial charge in [0.15, 0.2) is 11.6 Å². The van der Waals surface area contributed by atoms with Crippen molar-refractivity contribution in [3.63, 3.8) is 0 Å². The van der Waals surface area contributed by atoms with Gasteiger partial charge in [-0.05, 0) is 50.0 Å². The Kier molecular flexibility index (Phi) is 4.07. The monoisotopic (exact) mass is 241 g/mol. The van der Waals surface area contributed by atoms with Crippen LogP contribution in [0.15, 0.2) is 18.2 Å². The van der Waals surface area contributed by atoms with Crippen LogP contribution in [0.3, 0.4) is 0 Å². The summed E-state index contributed by atoms with van der Waals surface area (Å²) in [7, 11) is 1.94. The molecule has 0 heterocycles. The highest BCUT2D eigenvalue weighted by molar-refractivity contribution is 5.16. The Balaban J connectivity index is 1.74. The molecule has 2 rings (SSSR count). The Morgan fingerprint density at radius 3 is 2.71 bits per heavy atom. The van der Waals surface area contributed by atoms with E-state index in [1.807, 2.05) is 7.05 Å². The van der Waals surface area contributed by atoms with Gasteiger partial charge in [0.25, 0.3) is 0 Å². The normalized spacial score (nSPS) is 23.5. The molecular weight excluding hydrogens is 224 g/mol. The minimum Gasteiger partial charge on any atom is -0.374 e. The molecule has 0 radical (unpaired) electrons. The molecule has 0 unspecified atom stereocenters. The van der Waals surface area contributed by atoms with E-state index in [2.05, 4.69) is 5.32 Å². The van der Waals surface area contributed by atoms with Crippen LogP contribution >= 0.6 is 0 Å². The van der Waals surface area contributed by atoms with Crippen molar-refractivity contribution >= 4 is 0 Å². The summed E-state index contributed by atoms with van der Waals surface area (Å²) in [6.45, 7) is 1.37. The maximum Gasteiger partial charge on any atom is 0.159 e. The fourth-order valence-corrected chi connectivity index (χ4v) is 2.11. The highest BCUT2D eigenvalue weighted by atomic mass is 19.2. The number of rotatable bonds is 5. The number of ether oxygens (including phenoxy) is 1. The third kappa shape index (κ3) is 3.23. The molecule has 1 aromatic rings. The minimum absolute atomic E-state index is 0.265. The summed E-state index contributed by atoms with van der Waals surface area (Å²) in [6, 6.07) is 3.89. The maximum atomic E-state index is 12.9. The van der Waals surface area contributed by atoms with Crippen LogP contribution < -0.4 is 5.32 Å². The van der Waals surface area contributed by atoms with Crippen LogP contribution in [0.25, 0.3) is 0 Å². The van der Waals surface area contributed by atoms with Crippen LogP contribution in [-0.2, 0) is 11.3 Å². The Morgan fingerprint density at radius 1 is 1.29 bits per heavy atom. The summed E-state index contributed by atoms with van der Waals surface area (Å²) < 4.78 is 31.2. The summed E-state index contributed by atoms with van der Waals surface area (Å²) >= 11 is 0. The lowest BCUT2D eigenvalue weighted by atomic mass is 9.82. The van der Waals surface area contributed by atoms with Gasteiger partial charge >= 0.3 is 0 Å². The van der Waals surface area contributed by atoms with Crippen LogP contribution in [0, 0.1) is 17.6 Å². The number of nitrogens with one attached hydrogen (secondary N) is 1. The molecule has 4 heteroatoms. The van der Waals surface area contributed by atoms with Gasteiger partial charge in [0.2, 0.25) is 0 Å². The van der Waals surface area contributed by atoms with E-state index in [0.717, 1.165) is 25.5 Å². The van der Waals surface area contributed by atoms with E-state index in [0.29, 0.717) is 18.1 Å². The van der Waals surface area contributed by atoms with Crippen molar-refractivity contribution in [3.8, 4) is 0 Å². The molecule has 1 aliphatic carbocycles. The SMILES string of the molecule is CNCC1CC(OCc2ccc(F)c(F)c2)C1. The van der Waals surface area contributed by atoms with E-state index in [-0.39, 0.29) is 6.10 Å². The summed E-state index contributed by atoms with van der Waals surface area (Å²) in [4.78, 5) is 0. The Hall–Kier alpha value is -1.00. The lowest BCUT2D eigenvalue weighted by molar-refractivity contribution is -0.0392. The number of hydrogen-bond acceptors (Lipinski definition) is 2. The molecule has 1 saturated carbocycles. The molecule has 1 aliphatic rings. The van der Waals surface area contributed by atoms with Crippen molar-refractivity contribution in [2.75, 3.05) is 13.6 Å². The van der Waals surface area contributed by atoms with E-state index in [4.69, 9.17) is 4.74 Å². The third-order valence-corrected chi connectivity index (χ3v) is 3.15. The second-order valence-electron chi connectivity index (χ2n) is 4.58. The van der Waals surface area contributed by atoms with Crippen LogP contribution in [0.4, 0.5) is 8.78 Å². The van der Waals surface area contributed by atoms with Gasteiger partial charge in [0, 0.05) is 0 Å². The zero-order chi connectivity index (χ0) is 12.3. The topological polar surface area (TPSA) is 21.3 Å². The predicted molar refractivity (Wildman–Crippen MR) is 61.6 cm³/mol. The summed E-state index contributed by atoms with van der Waals surface area (Å²) in [5.74, 6) is -0.936. The van der Waals surface area contributed by atoms with Crippen molar-refractivity contribution in [1.82, 2.24) is 5.32 Å². The van der Waals surface area contributed by atoms with Gasteiger partial charge in [0.05, 0.1) is 12.7 Å². The zero-order valence-electron chi connectivity index (χ0n) is 9.88. The third-order valence-electron chi connectivity index (χ3n) is 3.15. The maximum absolute atomic E-state index is 12.9. The molecule has 0 spiro atoms. The second kappa shape index (κ2) is 5.56. The first-order valence-electron chi connectivity index (χ1n) is 5.89. The first-order valence-corrected chi connectivity index (χ1v) is 5.89. The summed E-state index contributed by atoms with van der Waals surface area (Å²) in [5.41, 5.74) is 0.681. The van der Waals surface area contributed by atoms with E-state index in [1.54, 1.807) is 6.07 Å². The largest absolute Gasteiger partial charge is 0.374 e. The smallest absolute Gasteiger partial charge is 0.159 e. The molecule has 0 saturated heterocycles. The molecule has 1 N–H and O–H groups in total. The summed E-state index contributed by atoms with van der Waals surface area (Å²) in [5, 5.41) is 3.13. The van der Waals surface area contributed by atoms with Crippen molar-refractivity contribution in [1.29, 1.82) is 0 Å². The highest BCUT2D eigenvalue weighted by Gasteiger charge is 2.28. The molecule has 0 atom stereocenters. The molecule has 0 amide bonds. The van der Waals surface area contributed by atoms with Gasteiger partial charge in [-0.2, -0.15) is 0 Å². The van der Waals surface area contributed by atoms with Crippen LogP contribution in [0.1, 0.15) is 18.4 Å². The van der Waals surface area contributed by atoms with E-state index in [1.165, 1.54) is 6.07 Å². The van der Waals surface area contributed by atoms with Crippen LogP contribution in [-0.4, -0.2) is 19.7 Å². The molecule has 2 nitrogen and oxygen atoms in total. The van der Waals surface area contributed by atoms with Crippen molar-refractivity contribution in [3.05, 3.63) is 35.4 Å². The highest BCUT2D eigenvalue weighted by Crippen LogP contribution is 2.30. The average molecular weight is 241 g/mol. The molecule has 0 aliphatic heterocycles. The molecular formula is C13H17F2NO. The molecule has 0 bridgehead atoms. The van der Waals surface area contributed by atoms with Crippen LogP contribution in [0.2, 0.25) is 0 Å². The fourth-order valence-electron chi connectivity index (χ4n) is 2.11. The van der Waals surface area contributed by atoms with Gasteiger partial charge in [-0.15, -0.1) is 0 Å². The number of halogens is 2. The Bertz CT molecular complexity index is 378. The molecule has 17 heavy (non-hydrogen) atoms. The Labute approximate surface area is 100.0 Å². The molecule has 0 aromatic heterocycles. The fraction of sp³-hybridized carbons (Fsp3) is 0.538. The average Bonchev–Trinajstić information content (AvgIpc) is 2.26. The zero-order valence-corrected chi connectivity index (χ0v) is 9.88. The van der Waals surface area contributed by atoms with Gasteiger partial charge in [-0.1, -0.05) is 6.07 Å². The molecule has 1 aromatic carbocycles. The lowest BCUT2D eigenvalue weighted by Crippen LogP contribution is -2.36. The van der Waals surface area contributed by atoms with E-state index >= 15 is 0 Å². The standard InChI is InChI=1S/C13H17F2NO/c1-16-7-10-4-11(5-10)17-8-9-2-3-12(14)13(15)6-9/h2-3,6,10-11,16H,4-5,7-8H2,1H3. The number of benzene rings is 1. The van der Waals surface area contributed by atoms with Crippen molar-refractivity contribution in [2.45, 2.75) is 25.6 Å². The summed E-state index contributed by atoms with van der Waals surface area (Å²) in [6.07, 6.45) is 2.36. The van der Waals surface area contributed by atoms with Gasteiger partial charge in [-0.25, -0.2) is 8.78 Å². The van der Waals surface area contributed by atoms with Crippen molar-refractivity contribution in [2.24, 2.45) is 5.92 Å². The van der Waals surface area contributed by atoms with E-state index < -0.39 is 11.6 Å². The van der Waals surface area contributed by atoms with Crippen molar-refractivity contribution < 1.29 is 13.5 Å². The van der Waals surface area contributed by atoms with Gasteiger partial charge < -0.3 is 10.1 Å². The molecule has 1 fully saturated rings. The van der Waals surface area contributed by atoms with E-state index in [9.17, 15) is 8.78 Å². The first-order chi connectivity index (χ1) is 8.19. The molecule has 94 valence electrons. The number of hydrogen-bond donors (Lipinski definition) is 1. The second-order valence-corrected chi connectivity index (χ2v) is 4.58. The quantitative estimate of drug-likeness (QED) is 0.855. The van der Waals surface area contributed by atoms with Crippen LogP contribution in [0.5, 0.6) is 0 Å². The predicted octanol–water partition coefficient (Wildman–Crippen LogP) is 2.48. The van der Waals surface area contributed by atoms with Gasteiger partial charge in [0.1, 0.15) is 0 Å². The lowest BCUT2D eigenvalue weighted by Gasteiger charge is -2.35. The Morgan fingerprint density at radius 2 is 2.06 bits per heavy atom.